The molecule has 0 amide bonds. The molecule has 2 rings (SSSR count). The van der Waals surface area contributed by atoms with Crippen LogP contribution in [0.25, 0.3) is 0 Å². The molecule has 0 aliphatic heterocycles. The van der Waals surface area contributed by atoms with Gasteiger partial charge in [0.1, 0.15) is 4.88 Å². The fourth-order valence-corrected chi connectivity index (χ4v) is 2.98. The monoisotopic (exact) mass is 309 g/mol. The smallest absolute Gasteiger partial charge is 0.350 e. The summed E-state index contributed by atoms with van der Waals surface area (Å²) in [5, 5.41) is 6.85. The number of anilines is 1. The summed E-state index contributed by atoms with van der Waals surface area (Å²) in [6, 6.07) is 3.98. The Morgan fingerprint density at radius 1 is 1.55 bits per heavy atom. The Bertz CT molecular complexity index is 618. The van der Waals surface area contributed by atoms with Crippen molar-refractivity contribution in [2.45, 2.75) is 20.8 Å². The van der Waals surface area contributed by atoms with Crippen LogP contribution in [0.3, 0.4) is 0 Å². The lowest BCUT2D eigenvalue weighted by Crippen LogP contribution is -2.03. The largest absolute Gasteiger partial charge is 0.462 e. The zero-order chi connectivity index (χ0) is 14.5. The number of aryl methyl sites for hydroxylation is 1. The molecule has 0 saturated heterocycles. The van der Waals surface area contributed by atoms with E-state index in [1.165, 1.54) is 11.3 Å². The number of hydrogen-bond acceptors (Lipinski definition) is 7. The van der Waals surface area contributed by atoms with Crippen molar-refractivity contribution in [2.24, 2.45) is 5.10 Å². The van der Waals surface area contributed by atoms with Gasteiger partial charge in [-0.15, -0.1) is 11.3 Å². The molecule has 0 spiro atoms. The van der Waals surface area contributed by atoms with Crippen LogP contribution in [0.15, 0.2) is 22.6 Å². The van der Waals surface area contributed by atoms with E-state index in [1.807, 2.05) is 24.4 Å². The van der Waals surface area contributed by atoms with Crippen molar-refractivity contribution in [2.75, 3.05) is 12.0 Å². The summed E-state index contributed by atoms with van der Waals surface area (Å²) < 4.78 is 4.98. The number of carbonyl (C=O) groups is 1. The molecule has 0 aromatic carbocycles. The summed E-state index contributed by atoms with van der Waals surface area (Å²) in [7, 11) is 0. The van der Waals surface area contributed by atoms with Crippen molar-refractivity contribution in [1.29, 1.82) is 0 Å². The van der Waals surface area contributed by atoms with E-state index in [9.17, 15) is 4.79 Å². The fraction of sp³-hybridized carbons (Fsp3) is 0.308. The van der Waals surface area contributed by atoms with Gasteiger partial charge in [0.15, 0.2) is 0 Å². The van der Waals surface area contributed by atoms with Crippen LogP contribution in [-0.4, -0.2) is 23.3 Å². The van der Waals surface area contributed by atoms with Gasteiger partial charge in [0.05, 0.1) is 18.0 Å². The molecule has 1 N–H and O–H groups in total. The van der Waals surface area contributed by atoms with Crippen molar-refractivity contribution in [3.8, 4) is 0 Å². The highest BCUT2D eigenvalue weighted by molar-refractivity contribution is 7.17. The van der Waals surface area contributed by atoms with Crippen molar-refractivity contribution in [3.05, 3.63) is 33.0 Å². The van der Waals surface area contributed by atoms with Gasteiger partial charge in [0.2, 0.25) is 5.13 Å². The van der Waals surface area contributed by atoms with E-state index in [4.69, 9.17) is 4.74 Å². The second-order valence-electron chi connectivity index (χ2n) is 3.94. The number of nitrogens with zero attached hydrogens (tertiary/aromatic N) is 2. The summed E-state index contributed by atoms with van der Waals surface area (Å²) in [5.41, 5.74) is 4.42. The first-order valence-corrected chi connectivity index (χ1v) is 7.80. The van der Waals surface area contributed by atoms with E-state index in [0.717, 1.165) is 10.6 Å². The molecule has 2 aromatic heterocycles. The summed E-state index contributed by atoms with van der Waals surface area (Å²) in [6.07, 6.45) is 0. The summed E-state index contributed by atoms with van der Waals surface area (Å²) in [4.78, 5) is 17.6. The number of rotatable bonds is 5. The summed E-state index contributed by atoms with van der Waals surface area (Å²) >= 11 is 2.87. The van der Waals surface area contributed by atoms with Gasteiger partial charge in [-0.1, -0.05) is 17.4 Å². The van der Waals surface area contributed by atoms with Gasteiger partial charge in [-0.05, 0) is 32.2 Å². The molecule has 0 aliphatic rings. The number of esters is 1. The maximum Gasteiger partial charge on any atom is 0.350 e. The Balaban J connectivity index is 2.09. The van der Waals surface area contributed by atoms with Crippen molar-refractivity contribution < 1.29 is 9.53 Å². The van der Waals surface area contributed by atoms with E-state index in [1.54, 1.807) is 25.2 Å². The average molecular weight is 309 g/mol. The van der Waals surface area contributed by atoms with E-state index in [-0.39, 0.29) is 5.97 Å². The van der Waals surface area contributed by atoms with Gasteiger partial charge in [0.25, 0.3) is 0 Å². The first-order valence-electron chi connectivity index (χ1n) is 6.10. The lowest BCUT2D eigenvalue weighted by molar-refractivity contribution is 0.0531. The maximum absolute atomic E-state index is 11.7. The molecular formula is C13H15N3O2S2. The van der Waals surface area contributed by atoms with Gasteiger partial charge >= 0.3 is 5.97 Å². The van der Waals surface area contributed by atoms with Crippen LogP contribution in [0.5, 0.6) is 0 Å². The number of thiophene rings is 1. The molecule has 0 fully saturated rings. The summed E-state index contributed by atoms with van der Waals surface area (Å²) in [6.45, 7) is 5.84. The number of hydrazone groups is 1. The molecule has 2 heterocycles. The predicted octanol–water partition coefficient (Wildman–Crippen LogP) is 3.53. The second-order valence-corrected chi connectivity index (χ2v) is 5.89. The van der Waals surface area contributed by atoms with E-state index in [0.29, 0.717) is 22.3 Å². The van der Waals surface area contributed by atoms with E-state index >= 15 is 0 Å². The minimum absolute atomic E-state index is 0.338. The number of carbonyl (C=O) groups excluding carboxylic acids is 1. The highest BCUT2D eigenvalue weighted by Gasteiger charge is 2.16. The van der Waals surface area contributed by atoms with Crippen LogP contribution < -0.4 is 5.43 Å². The number of hydrogen-bond donors (Lipinski definition) is 1. The Morgan fingerprint density at radius 3 is 3.00 bits per heavy atom. The first-order chi connectivity index (χ1) is 9.61. The number of aromatic nitrogens is 1. The van der Waals surface area contributed by atoms with Crippen LogP contribution in [0.1, 0.15) is 34.1 Å². The highest BCUT2D eigenvalue weighted by atomic mass is 32.1. The topological polar surface area (TPSA) is 63.6 Å². The molecule has 0 aliphatic carbocycles. The molecule has 0 unspecified atom stereocenters. The Morgan fingerprint density at radius 2 is 2.35 bits per heavy atom. The molecule has 0 radical (unpaired) electrons. The van der Waals surface area contributed by atoms with Crippen molar-refractivity contribution in [3.63, 3.8) is 0 Å². The molecule has 0 atom stereocenters. The van der Waals surface area contributed by atoms with E-state index < -0.39 is 0 Å². The van der Waals surface area contributed by atoms with Gasteiger partial charge < -0.3 is 4.74 Å². The van der Waals surface area contributed by atoms with Crippen LogP contribution in [0, 0.1) is 6.92 Å². The number of nitrogens with one attached hydrogen (secondary N) is 1. The normalized spacial score (nSPS) is 11.4. The minimum Gasteiger partial charge on any atom is -0.462 e. The zero-order valence-electron chi connectivity index (χ0n) is 11.5. The van der Waals surface area contributed by atoms with Gasteiger partial charge in [0, 0.05) is 4.88 Å². The standard InChI is InChI=1S/C13H15N3O2S2/c1-4-18-12(17)11-9(3)14-13(20-11)16-15-8(2)10-6-5-7-19-10/h5-7H,4H2,1-3H3,(H,14,16)/b15-8+. The SMILES string of the molecule is CCOC(=O)c1sc(N/N=C(\C)c2cccs2)nc1C. The second kappa shape index (κ2) is 6.62. The zero-order valence-corrected chi connectivity index (χ0v) is 13.1. The van der Waals surface area contributed by atoms with Crippen LogP contribution in [0.4, 0.5) is 5.13 Å². The molecule has 0 saturated carbocycles. The molecule has 2 aromatic rings. The van der Waals surface area contributed by atoms with Gasteiger partial charge in [-0.25, -0.2) is 9.78 Å². The molecule has 5 nitrogen and oxygen atoms in total. The quantitative estimate of drug-likeness (QED) is 0.521. The molecule has 106 valence electrons. The fourth-order valence-electron chi connectivity index (χ4n) is 1.50. The molecule has 0 bridgehead atoms. The third kappa shape index (κ3) is 3.43. The van der Waals surface area contributed by atoms with Crippen molar-refractivity contribution in [1.82, 2.24) is 4.98 Å². The van der Waals surface area contributed by atoms with Crippen molar-refractivity contribution >= 4 is 39.5 Å². The lowest BCUT2D eigenvalue weighted by atomic mass is 10.3. The molecule has 20 heavy (non-hydrogen) atoms. The minimum atomic E-state index is -0.338. The Kier molecular flexibility index (Phi) is 4.86. The van der Waals surface area contributed by atoms with Crippen LogP contribution >= 0.6 is 22.7 Å². The third-order valence-electron chi connectivity index (χ3n) is 2.45. The van der Waals surface area contributed by atoms with Gasteiger partial charge in [-0.3, -0.25) is 5.43 Å². The first kappa shape index (κ1) is 14.7. The molecular weight excluding hydrogens is 294 g/mol. The highest BCUT2D eigenvalue weighted by Crippen LogP contribution is 2.23. The third-order valence-corrected chi connectivity index (χ3v) is 4.48. The van der Waals surface area contributed by atoms with E-state index in [2.05, 4.69) is 15.5 Å². The average Bonchev–Trinajstić information content (AvgIpc) is 3.05. The number of thiazole rings is 1. The molecule has 7 heteroatoms. The lowest BCUT2D eigenvalue weighted by Gasteiger charge is -1.98. The van der Waals surface area contributed by atoms with Gasteiger partial charge in [-0.2, -0.15) is 5.10 Å². The predicted molar refractivity (Wildman–Crippen MR) is 83.0 cm³/mol. The number of ether oxygens (including phenoxy) is 1. The van der Waals surface area contributed by atoms with Crippen LogP contribution in [0.2, 0.25) is 0 Å². The summed E-state index contributed by atoms with van der Waals surface area (Å²) in [5.74, 6) is -0.338. The maximum atomic E-state index is 11.7. The van der Waals surface area contributed by atoms with Crippen LogP contribution in [-0.2, 0) is 4.74 Å². The Hall–Kier alpha value is -1.73. The Labute approximate surface area is 125 Å².